The molecular formula is C13H17N3O4. The van der Waals surface area contributed by atoms with Crippen molar-refractivity contribution in [2.24, 2.45) is 5.73 Å². The van der Waals surface area contributed by atoms with Gasteiger partial charge in [-0.2, -0.15) is 0 Å². The fraction of sp³-hybridized carbons (Fsp3) is 0.462. The number of hydrogen-bond donors (Lipinski definition) is 3. The number of aryl methyl sites for hydroxylation is 2. The molecule has 1 aliphatic heterocycles. The molecule has 1 amide bonds. The Hall–Kier alpha value is -2.15. The fourth-order valence-corrected chi connectivity index (χ4v) is 2.35. The molecule has 1 aliphatic rings. The maximum Gasteiger partial charge on any atom is 0.331 e. The summed E-state index contributed by atoms with van der Waals surface area (Å²) in [7, 11) is 0. The highest BCUT2D eigenvalue weighted by Gasteiger charge is 2.43. The zero-order valence-corrected chi connectivity index (χ0v) is 11.4. The molecule has 20 heavy (non-hydrogen) atoms. The van der Waals surface area contributed by atoms with Crippen LogP contribution in [0.3, 0.4) is 0 Å². The molecule has 0 spiro atoms. The maximum absolute atomic E-state index is 11.6. The second-order valence-corrected chi connectivity index (χ2v) is 4.98. The average molecular weight is 279 g/mol. The second kappa shape index (κ2) is 5.09. The number of ether oxygens (including phenoxy) is 1. The molecule has 0 aliphatic carbocycles. The molecule has 1 aromatic rings. The first kappa shape index (κ1) is 14.3. The van der Waals surface area contributed by atoms with E-state index >= 15 is 0 Å². The van der Waals surface area contributed by atoms with Crippen molar-refractivity contribution in [1.82, 2.24) is 4.98 Å². The molecule has 1 unspecified atom stereocenters. The summed E-state index contributed by atoms with van der Waals surface area (Å²) in [5, 5.41) is 12.3. The van der Waals surface area contributed by atoms with E-state index in [1.54, 1.807) is 19.9 Å². The van der Waals surface area contributed by atoms with Crippen molar-refractivity contribution < 1.29 is 19.4 Å². The third-order valence-electron chi connectivity index (χ3n) is 3.38. The largest absolute Gasteiger partial charge is 0.479 e. The Balaban J connectivity index is 2.47. The molecule has 108 valence electrons. The first-order valence-corrected chi connectivity index (χ1v) is 6.23. The van der Waals surface area contributed by atoms with Crippen LogP contribution < -0.4 is 11.1 Å². The van der Waals surface area contributed by atoms with Gasteiger partial charge in [-0.15, -0.1) is 0 Å². The number of pyridine rings is 1. The van der Waals surface area contributed by atoms with E-state index in [9.17, 15) is 14.7 Å². The van der Waals surface area contributed by atoms with Crippen LogP contribution in [0, 0.1) is 13.8 Å². The number of nitrogens with one attached hydrogen (secondary N) is 1. The summed E-state index contributed by atoms with van der Waals surface area (Å²) >= 11 is 0. The average Bonchev–Trinajstić information content (AvgIpc) is 2.77. The lowest BCUT2D eigenvalue weighted by molar-refractivity contribution is -0.142. The van der Waals surface area contributed by atoms with Crippen LogP contribution in [0.2, 0.25) is 0 Å². The lowest BCUT2D eigenvalue weighted by Crippen LogP contribution is -2.47. The summed E-state index contributed by atoms with van der Waals surface area (Å²) < 4.78 is 5.17. The molecule has 4 N–H and O–H groups in total. The number of carboxylic acids is 1. The molecule has 0 bridgehead atoms. The van der Waals surface area contributed by atoms with Gasteiger partial charge in [-0.1, -0.05) is 0 Å². The molecular weight excluding hydrogens is 262 g/mol. The normalized spacial score (nSPS) is 21.7. The summed E-state index contributed by atoms with van der Waals surface area (Å²) in [5.41, 5.74) is 5.64. The minimum absolute atomic E-state index is 0.0230. The number of carbonyl (C=O) groups excluding carboxylic acids is 1. The number of nitrogens with zero attached hydrogens (tertiary/aromatic N) is 1. The molecule has 2 heterocycles. The Labute approximate surface area is 116 Å². The Bertz CT molecular complexity index is 565. The van der Waals surface area contributed by atoms with Gasteiger partial charge in [-0.25, -0.2) is 9.78 Å². The van der Waals surface area contributed by atoms with E-state index in [4.69, 9.17) is 10.5 Å². The highest BCUT2D eigenvalue weighted by atomic mass is 16.5. The van der Waals surface area contributed by atoms with E-state index < -0.39 is 17.4 Å². The second-order valence-electron chi connectivity index (χ2n) is 4.98. The quantitative estimate of drug-likeness (QED) is 0.737. The summed E-state index contributed by atoms with van der Waals surface area (Å²) in [6.45, 7) is 3.87. The first-order chi connectivity index (χ1) is 9.35. The molecule has 1 fully saturated rings. The number of aromatic nitrogens is 1. The molecule has 1 aromatic heterocycles. The molecule has 0 aromatic carbocycles. The van der Waals surface area contributed by atoms with Gasteiger partial charge in [0.15, 0.2) is 5.54 Å². The number of primary amides is 1. The van der Waals surface area contributed by atoms with E-state index in [0.717, 1.165) is 0 Å². The highest BCUT2D eigenvalue weighted by Crippen LogP contribution is 2.27. The van der Waals surface area contributed by atoms with Crippen LogP contribution in [0.25, 0.3) is 0 Å². The molecule has 7 heteroatoms. The molecule has 0 saturated carbocycles. The monoisotopic (exact) mass is 279 g/mol. The van der Waals surface area contributed by atoms with Gasteiger partial charge >= 0.3 is 5.97 Å². The number of hydrogen-bond acceptors (Lipinski definition) is 5. The lowest BCUT2D eigenvalue weighted by Gasteiger charge is -2.26. The number of rotatable bonds is 4. The fourth-order valence-electron chi connectivity index (χ4n) is 2.35. The summed E-state index contributed by atoms with van der Waals surface area (Å²) in [6.07, 6.45) is 0.301. The Kier molecular flexibility index (Phi) is 3.63. The van der Waals surface area contributed by atoms with E-state index in [-0.39, 0.29) is 18.0 Å². The summed E-state index contributed by atoms with van der Waals surface area (Å²) in [4.78, 5) is 27.3. The van der Waals surface area contributed by atoms with Crippen molar-refractivity contribution in [3.63, 3.8) is 0 Å². The number of aliphatic carboxylic acids is 1. The van der Waals surface area contributed by atoms with Crippen molar-refractivity contribution in [2.45, 2.75) is 25.8 Å². The van der Waals surface area contributed by atoms with Gasteiger partial charge < -0.3 is 20.9 Å². The van der Waals surface area contributed by atoms with Crippen LogP contribution in [0.4, 0.5) is 5.82 Å². The molecule has 1 saturated heterocycles. The van der Waals surface area contributed by atoms with Crippen LogP contribution in [0.15, 0.2) is 6.07 Å². The van der Waals surface area contributed by atoms with Crippen LogP contribution in [0.5, 0.6) is 0 Å². The van der Waals surface area contributed by atoms with Crippen LogP contribution in [-0.2, 0) is 9.53 Å². The first-order valence-electron chi connectivity index (χ1n) is 6.23. The van der Waals surface area contributed by atoms with E-state index in [0.29, 0.717) is 24.3 Å². The standard InChI is InChI=1S/C13H17N3O4/c1-7-5-8(2)15-11(9(7)10(14)17)16-13(12(18)19)3-4-20-6-13/h5H,3-4,6H2,1-2H3,(H2,14,17)(H,15,16)(H,18,19). The van der Waals surface area contributed by atoms with Crippen LogP contribution in [-0.4, -0.2) is 40.7 Å². The third-order valence-corrected chi connectivity index (χ3v) is 3.38. The number of amides is 1. The third kappa shape index (κ3) is 2.44. The van der Waals surface area contributed by atoms with Gasteiger partial charge in [-0.05, 0) is 25.5 Å². The van der Waals surface area contributed by atoms with Gasteiger partial charge in [0.2, 0.25) is 0 Å². The SMILES string of the molecule is Cc1cc(C)c(C(N)=O)c(NC2(C(=O)O)CCOC2)n1. The number of carboxylic acid groups (broad SMARTS) is 1. The van der Waals surface area contributed by atoms with Gasteiger partial charge in [0, 0.05) is 18.7 Å². The minimum Gasteiger partial charge on any atom is -0.479 e. The van der Waals surface area contributed by atoms with Crippen LogP contribution >= 0.6 is 0 Å². The van der Waals surface area contributed by atoms with Crippen molar-refractivity contribution in [3.8, 4) is 0 Å². The summed E-state index contributed by atoms with van der Waals surface area (Å²) in [5.74, 6) is -1.48. The number of anilines is 1. The molecule has 2 rings (SSSR count). The van der Waals surface area contributed by atoms with Crippen molar-refractivity contribution in [2.75, 3.05) is 18.5 Å². The highest BCUT2D eigenvalue weighted by molar-refractivity contribution is 6.00. The van der Waals surface area contributed by atoms with Gasteiger partial charge in [0.1, 0.15) is 5.82 Å². The van der Waals surface area contributed by atoms with Gasteiger partial charge in [-0.3, -0.25) is 4.79 Å². The zero-order valence-electron chi connectivity index (χ0n) is 11.4. The maximum atomic E-state index is 11.6. The predicted molar refractivity (Wildman–Crippen MR) is 71.7 cm³/mol. The Morgan fingerprint density at radius 1 is 1.50 bits per heavy atom. The molecule has 7 nitrogen and oxygen atoms in total. The van der Waals surface area contributed by atoms with Crippen molar-refractivity contribution in [3.05, 3.63) is 22.9 Å². The van der Waals surface area contributed by atoms with E-state index in [2.05, 4.69) is 10.3 Å². The summed E-state index contributed by atoms with van der Waals surface area (Å²) in [6, 6.07) is 1.73. The minimum atomic E-state index is -1.27. The molecule has 1 atom stereocenters. The lowest BCUT2D eigenvalue weighted by atomic mass is 9.98. The van der Waals surface area contributed by atoms with E-state index in [1.165, 1.54) is 0 Å². The van der Waals surface area contributed by atoms with Crippen molar-refractivity contribution >= 4 is 17.7 Å². The Morgan fingerprint density at radius 3 is 2.70 bits per heavy atom. The Morgan fingerprint density at radius 2 is 2.20 bits per heavy atom. The van der Waals surface area contributed by atoms with Crippen LogP contribution in [0.1, 0.15) is 28.0 Å². The van der Waals surface area contributed by atoms with E-state index in [1.807, 2.05) is 0 Å². The molecule has 0 radical (unpaired) electrons. The van der Waals surface area contributed by atoms with Gasteiger partial charge in [0.05, 0.1) is 12.2 Å². The topological polar surface area (TPSA) is 115 Å². The zero-order chi connectivity index (χ0) is 14.9. The van der Waals surface area contributed by atoms with Crippen molar-refractivity contribution in [1.29, 1.82) is 0 Å². The van der Waals surface area contributed by atoms with Gasteiger partial charge in [0.25, 0.3) is 5.91 Å². The number of nitrogens with two attached hydrogens (primary N) is 1. The predicted octanol–water partition coefficient (Wildman–Crippen LogP) is 0.453. The number of carbonyl (C=O) groups is 2. The smallest absolute Gasteiger partial charge is 0.331 e.